The van der Waals surface area contributed by atoms with Gasteiger partial charge < -0.3 is 19.8 Å². The second-order valence-electron chi connectivity index (χ2n) is 6.95. The zero-order chi connectivity index (χ0) is 23.3. The van der Waals surface area contributed by atoms with Gasteiger partial charge in [0.15, 0.2) is 12.4 Å². The summed E-state index contributed by atoms with van der Waals surface area (Å²) in [4.78, 5) is 48.6. The number of benzene rings is 1. The number of amides is 4. The molecule has 3 N–H and O–H groups in total. The summed E-state index contributed by atoms with van der Waals surface area (Å²) in [6.45, 7) is 4.80. The third kappa shape index (κ3) is 5.82. The van der Waals surface area contributed by atoms with Gasteiger partial charge in [-0.3, -0.25) is 14.9 Å². The maximum absolute atomic E-state index is 12.3. The van der Waals surface area contributed by atoms with Crippen LogP contribution in [0.5, 0.6) is 0 Å². The van der Waals surface area contributed by atoms with Crippen molar-refractivity contribution in [2.24, 2.45) is 0 Å². The molecule has 0 saturated heterocycles. The van der Waals surface area contributed by atoms with Crippen molar-refractivity contribution in [1.29, 1.82) is 0 Å². The Kier molecular flexibility index (Phi) is 7.06. The van der Waals surface area contributed by atoms with Crippen LogP contribution in [0.4, 0.5) is 15.5 Å². The van der Waals surface area contributed by atoms with Gasteiger partial charge in [0.2, 0.25) is 0 Å². The first-order chi connectivity index (χ1) is 15.2. The molecule has 0 atom stereocenters. The molecule has 166 valence electrons. The predicted molar refractivity (Wildman–Crippen MR) is 119 cm³/mol. The molecule has 0 unspecified atom stereocenters. The van der Waals surface area contributed by atoms with Gasteiger partial charge in [0.05, 0.1) is 11.3 Å². The first-order valence-corrected chi connectivity index (χ1v) is 10.3. The smallest absolute Gasteiger partial charge is 0.349 e. The van der Waals surface area contributed by atoms with E-state index in [0.717, 1.165) is 22.5 Å². The number of carbonyl (C=O) groups is 4. The second-order valence-corrected chi connectivity index (χ2v) is 8.00. The lowest BCUT2D eigenvalue weighted by Gasteiger charge is -2.10. The Hall–Kier alpha value is -3.92. The molecule has 0 saturated carbocycles. The van der Waals surface area contributed by atoms with E-state index in [1.165, 1.54) is 12.3 Å². The van der Waals surface area contributed by atoms with Gasteiger partial charge in [0.25, 0.3) is 11.8 Å². The van der Waals surface area contributed by atoms with Gasteiger partial charge in [-0.2, -0.15) is 0 Å². The number of hydrogen-bond donors (Lipinski definition) is 3. The van der Waals surface area contributed by atoms with Crippen LogP contribution < -0.4 is 16.0 Å². The zero-order valence-corrected chi connectivity index (χ0v) is 18.4. The highest BCUT2D eigenvalue weighted by molar-refractivity contribution is 7.18. The normalized spacial score (nSPS) is 10.3. The summed E-state index contributed by atoms with van der Waals surface area (Å²) in [6, 6.07) is 9.45. The lowest BCUT2D eigenvalue weighted by molar-refractivity contribution is -0.123. The lowest BCUT2D eigenvalue weighted by atomic mass is 10.1. The minimum Gasteiger partial charge on any atom is -0.459 e. The van der Waals surface area contributed by atoms with E-state index in [-0.39, 0.29) is 10.6 Å². The molecule has 0 radical (unpaired) electrons. The number of carbonyl (C=O) groups excluding carboxylic acids is 4. The van der Waals surface area contributed by atoms with Gasteiger partial charge in [0, 0.05) is 5.69 Å². The minimum absolute atomic E-state index is 0.135. The van der Waals surface area contributed by atoms with Gasteiger partial charge in [-0.1, -0.05) is 17.7 Å². The standard InChI is InChI=1S/C22H21N3O6S/c1-12-6-7-15(13(2)9-12)23-22(29)24-17(26)11-31-21(28)19-14(3)10-18(32-19)25-20(27)16-5-4-8-30-16/h4-10H,11H2,1-3H3,(H,25,27)(H2,23,24,26,29). The van der Waals surface area contributed by atoms with Crippen LogP contribution in [0.15, 0.2) is 47.1 Å². The molecule has 10 heteroatoms. The third-order valence-electron chi connectivity index (χ3n) is 4.30. The Morgan fingerprint density at radius 2 is 1.78 bits per heavy atom. The van der Waals surface area contributed by atoms with E-state index in [9.17, 15) is 19.2 Å². The third-order valence-corrected chi connectivity index (χ3v) is 5.43. The van der Waals surface area contributed by atoms with E-state index in [1.807, 2.05) is 26.0 Å². The highest BCUT2D eigenvalue weighted by Gasteiger charge is 2.19. The van der Waals surface area contributed by atoms with Crippen LogP contribution in [-0.2, 0) is 9.53 Å². The van der Waals surface area contributed by atoms with Crippen molar-refractivity contribution in [2.75, 3.05) is 17.2 Å². The molecule has 3 rings (SSSR count). The number of aryl methyl sites for hydroxylation is 3. The van der Waals surface area contributed by atoms with E-state index in [2.05, 4.69) is 16.0 Å². The number of esters is 1. The summed E-state index contributed by atoms with van der Waals surface area (Å²) in [5.74, 6) is -1.83. The Morgan fingerprint density at radius 3 is 2.47 bits per heavy atom. The molecular weight excluding hydrogens is 434 g/mol. The van der Waals surface area contributed by atoms with Crippen molar-refractivity contribution in [3.63, 3.8) is 0 Å². The quantitative estimate of drug-likeness (QED) is 0.482. The van der Waals surface area contributed by atoms with Crippen molar-refractivity contribution in [1.82, 2.24) is 5.32 Å². The number of furan rings is 1. The number of thiophene rings is 1. The van der Waals surface area contributed by atoms with E-state index < -0.39 is 30.4 Å². The number of imide groups is 1. The number of urea groups is 1. The summed E-state index contributed by atoms with van der Waals surface area (Å²) in [5.41, 5.74) is 3.03. The minimum atomic E-state index is -0.777. The Balaban J connectivity index is 1.50. The summed E-state index contributed by atoms with van der Waals surface area (Å²) in [7, 11) is 0. The lowest BCUT2D eigenvalue weighted by Crippen LogP contribution is -2.37. The predicted octanol–water partition coefficient (Wildman–Crippen LogP) is 4.02. The molecule has 1 aromatic carbocycles. The molecule has 0 fully saturated rings. The van der Waals surface area contributed by atoms with Gasteiger partial charge in [-0.25, -0.2) is 9.59 Å². The summed E-state index contributed by atoms with van der Waals surface area (Å²) < 4.78 is 10.0. The summed E-state index contributed by atoms with van der Waals surface area (Å²) in [6.07, 6.45) is 1.38. The largest absolute Gasteiger partial charge is 0.459 e. The maximum atomic E-state index is 12.3. The highest BCUT2D eigenvalue weighted by Crippen LogP contribution is 2.27. The van der Waals surface area contributed by atoms with Crippen LogP contribution in [0.3, 0.4) is 0 Å². The molecule has 0 spiro atoms. The molecule has 0 aliphatic heterocycles. The number of hydrogen-bond acceptors (Lipinski definition) is 7. The van der Waals surface area contributed by atoms with Gasteiger partial charge in [-0.05, 0) is 56.2 Å². The van der Waals surface area contributed by atoms with Crippen molar-refractivity contribution in [3.8, 4) is 0 Å². The molecule has 2 heterocycles. The fraction of sp³-hybridized carbons (Fsp3) is 0.182. The van der Waals surface area contributed by atoms with Crippen molar-refractivity contribution < 1.29 is 28.3 Å². The molecule has 3 aromatic rings. The zero-order valence-electron chi connectivity index (χ0n) is 17.6. The van der Waals surface area contributed by atoms with Gasteiger partial charge >= 0.3 is 12.0 Å². The van der Waals surface area contributed by atoms with Crippen LogP contribution in [0, 0.1) is 20.8 Å². The number of anilines is 2. The van der Waals surface area contributed by atoms with E-state index >= 15 is 0 Å². The SMILES string of the molecule is Cc1ccc(NC(=O)NC(=O)COC(=O)c2sc(NC(=O)c3ccco3)cc2C)c(C)c1. The number of ether oxygens (including phenoxy) is 1. The molecule has 4 amide bonds. The molecule has 0 bridgehead atoms. The van der Waals surface area contributed by atoms with Crippen LogP contribution in [-0.4, -0.2) is 30.4 Å². The molecule has 0 aliphatic rings. The summed E-state index contributed by atoms with van der Waals surface area (Å²) in [5, 5.41) is 7.73. The average molecular weight is 455 g/mol. The molecule has 9 nitrogen and oxygen atoms in total. The highest BCUT2D eigenvalue weighted by atomic mass is 32.1. The fourth-order valence-corrected chi connectivity index (χ4v) is 3.76. The van der Waals surface area contributed by atoms with Crippen LogP contribution >= 0.6 is 11.3 Å². The number of rotatable bonds is 6. The number of nitrogens with one attached hydrogen (secondary N) is 3. The summed E-state index contributed by atoms with van der Waals surface area (Å²) >= 11 is 1.00. The Labute approximate surface area is 187 Å². The molecule has 0 aliphatic carbocycles. The van der Waals surface area contributed by atoms with Crippen LogP contribution in [0.25, 0.3) is 0 Å². The fourth-order valence-electron chi connectivity index (χ4n) is 2.79. The molecule has 2 aromatic heterocycles. The second kappa shape index (κ2) is 9.92. The first-order valence-electron chi connectivity index (χ1n) is 9.53. The maximum Gasteiger partial charge on any atom is 0.349 e. The average Bonchev–Trinajstić information content (AvgIpc) is 3.38. The van der Waals surface area contributed by atoms with E-state index in [0.29, 0.717) is 16.3 Å². The molecular formula is C22H21N3O6S. The van der Waals surface area contributed by atoms with Crippen molar-refractivity contribution in [2.45, 2.75) is 20.8 Å². The van der Waals surface area contributed by atoms with E-state index in [1.54, 1.807) is 25.1 Å². The van der Waals surface area contributed by atoms with Crippen molar-refractivity contribution in [3.05, 3.63) is 70.0 Å². The Morgan fingerprint density at radius 1 is 1.00 bits per heavy atom. The van der Waals surface area contributed by atoms with Crippen molar-refractivity contribution >= 4 is 45.8 Å². The van der Waals surface area contributed by atoms with E-state index in [4.69, 9.17) is 9.15 Å². The van der Waals surface area contributed by atoms with Gasteiger partial charge in [-0.15, -0.1) is 11.3 Å². The van der Waals surface area contributed by atoms with Gasteiger partial charge in [0.1, 0.15) is 4.88 Å². The first kappa shape index (κ1) is 22.8. The van der Waals surface area contributed by atoms with Crippen LogP contribution in [0.1, 0.15) is 36.9 Å². The topological polar surface area (TPSA) is 127 Å². The Bertz CT molecular complexity index is 1170. The monoisotopic (exact) mass is 455 g/mol. The molecule has 32 heavy (non-hydrogen) atoms. The van der Waals surface area contributed by atoms with Crippen LogP contribution in [0.2, 0.25) is 0 Å².